The molecule has 2 aromatic heterocycles. The third-order valence-electron chi connectivity index (χ3n) is 4.13. The summed E-state index contributed by atoms with van der Waals surface area (Å²) in [5.74, 6) is 0.101. The van der Waals surface area contributed by atoms with E-state index in [0.717, 1.165) is 26.4 Å². The van der Waals surface area contributed by atoms with Gasteiger partial charge in [0.2, 0.25) is 5.91 Å². The van der Waals surface area contributed by atoms with Gasteiger partial charge >= 0.3 is 0 Å². The molecule has 2 aromatic carbocycles. The first-order chi connectivity index (χ1) is 13.2. The predicted molar refractivity (Wildman–Crippen MR) is 106 cm³/mol. The Morgan fingerprint density at radius 2 is 1.85 bits per heavy atom. The molecule has 0 aliphatic heterocycles. The molecule has 1 amide bonds. The minimum absolute atomic E-state index is 0.125. The van der Waals surface area contributed by atoms with Crippen LogP contribution in [0.15, 0.2) is 66.9 Å². The molecule has 0 aliphatic carbocycles. The molecular formula is C21H16FN3OS. The van der Waals surface area contributed by atoms with E-state index >= 15 is 0 Å². The summed E-state index contributed by atoms with van der Waals surface area (Å²) in [4.78, 5) is 21.0. The number of halogens is 1. The van der Waals surface area contributed by atoms with Crippen molar-refractivity contribution in [1.29, 1.82) is 0 Å². The second-order valence-corrected chi connectivity index (χ2v) is 7.12. The quantitative estimate of drug-likeness (QED) is 0.528. The number of thiazole rings is 1. The maximum atomic E-state index is 12.9. The van der Waals surface area contributed by atoms with Crippen LogP contribution in [0.5, 0.6) is 0 Å². The van der Waals surface area contributed by atoms with Crippen molar-refractivity contribution in [3.05, 3.63) is 78.2 Å². The SMILES string of the molecule is O=C(CCc1ccc(F)cc1)Nc1ccc(-c2nc3ccccc3s2)cn1. The van der Waals surface area contributed by atoms with Crippen molar-refractivity contribution in [2.45, 2.75) is 12.8 Å². The number of hydrogen-bond acceptors (Lipinski definition) is 4. The Morgan fingerprint density at radius 1 is 1.04 bits per heavy atom. The molecule has 0 fully saturated rings. The molecule has 4 nitrogen and oxygen atoms in total. The lowest BCUT2D eigenvalue weighted by Gasteiger charge is -2.05. The molecule has 134 valence electrons. The number of anilines is 1. The summed E-state index contributed by atoms with van der Waals surface area (Å²) in [5.41, 5.74) is 2.81. The van der Waals surface area contributed by atoms with Crippen LogP contribution < -0.4 is 5.32 Å². The fourth-order valence-electron chi connectivity index (χ4n) is 2.70. The Bertz CT molecular complexity index is 1040. The number of aryl methyl sites for hydroxylation is 1. The molecule has 4 rings (SSSR count). The lowest BCUT2D eigenvalue weighted by Crippen LogP contribution is -2.13. The van der Waals surface area contributed by atoms with Crippen LogP contribution in [0.2, 0.25) is 0 Å². The van der Waals surface area contributed by atoms with Crippen LogP contribution in [0.3, 0.4) is 0 Å². The highest BCUT2D eigenvalue weighted by atomic mass is 32.1. The second kappa shape index (κ2) is 7.63. The van der Waals surface area contributed by atoms with Crippen LogP contribution in [0, 0.1) is 5.82 Å². The lowest BCUT2D eigenvalue weighted by molar-refractivity contribution is -0.116. The number of benzene rings is 2. The molecular weight excluding hydrogens is 361 g/mol. The Kier molecular flexibility index (Phi) is 4.89. The lowest BCUT2D eigenvalue weighted by atomic mass is 10.1. The number of hydrogen-bond donors (Lipinski definition) is 1. The molecule has 1 N–H and O–H groups in total. The van der Waals surface area contributed by atoms with Gasteiger partial charge in [-0.05, 0) is 48.4 Å². The van der Waals surface area contributed by atoms with Crippen molar-refractivity contribution >= 4 is 33.3 Å². The first-order valence-electron chi connectivity index (χ1n) is 8.54. The van der Waals surface area contributed by atoms with Crippen LogP contribution in [0.1, 0.15) is 12.0 Å². The van der Waals surface area contributed by atoms with E-state index in [2.05, 4.69) is 15.3 Å². The summed E-state index contributed by atoms with van der Waals surface area (Å²) in [6.45, 7) is 0. The predicted octanol–water partition coefficient (Wildman–Crippen LogP) is 5.07. The van der Waals surface area contributed by atoms with Crippen molar-refractivity contribution in [2.75, 3.05) is 5.32 Å². The molecule has 0 radical (unpaired) electrons. The van der Waals surface area contributed by atoms with Crippen LogP contribution in [-0.2, 0) is 11.2 Å². The summed E-state index contributed by atoms with van der Waals surface area (Å²) < 4.78 is 14.0. The average molecular weight is 377 g/mol. The standard InChI is InChI=1S/C21H16FN3OS/c22-16-9-5-14(6-10-16)7-12-20(26)25-19-11-8-15(13-23-19)21-24-17-3-1-2-4-18(17)27-21/h1-6,8-11,13H,7,12H2,(H,23,25,26). The zero-order valence-corrected chi connectivity index (χ0v) is 15.2. The molecule has 0 saturated heterocycles. The number of aromatic nitrogens is 2. The highest BCUT2D eigenvalue weighted by Gasteiger charge is 2.08. The molecule has 0 aliphatic rings. The number of rotatable bonds is 5. The molecule has 0 saturated carbocycles. The van der Waals surface area contributed by atoms with Gasteiger partial charge < -0.3 is 5.32 Å². The van der Waals surface area contributed by atoms with Crippen molar-refractivity contribution in [3.63, 3.8) is 0 Å². The number of fused-ring (bicyclic) bond motifs is 1. The van der Waals surface area contributed by atoms with Gasteiger partial charge in [0.05, 0.1) is 10.2 Å². The van der Waals surface area contributed by atoms with Crippen LogP contribution in [0.4, 0.5) is 10.2 Å². The van der Waals surface area contributed by atoms with E-state index < -0.39 is 0 Å². The highest BCUT2D eigenvalue weighted by Crippen LogP contribution is 2.29. The van der Waals surface area contributed by atoms with Crippen molar-refractivity contribution in [2.24, 2.45) is 0 Å². The summed E-state index contributed by atoms with van der Waals surface area (Å²) in [7, 11) is 0. The summed E-state index contributed by atoms with van der Waals surface area (Å²) in [5, 5.41) is 3.69. The van der Waals surface area contributed by atoms with E-state index in [1.54, 1.807) is 35.7 Å². The Morgan fingerprint density at radius 3 is 2.59 bits per heavy atom. The van der Waals surface area contributed by atoms with Crippen molar-refractivity contribution in [1.82, 2.24) is 9.97 Å². The van der Waals surface area contributed by atoms with E-state index in [9.17, 15) is 9.18 Å². The van der Waals surface area contributed by atoms with E-state index in [1.807, 2.05) is 30.3 Å². The number of carbonyl (C=O) groups is 1. The number of amides is 1. The fraction of sp³-hybridized carbons (Fsp3) is 0.0952. The van der Waals surface area contributed by atoms with Gasteiger partial charge in [-0.3, -0.25) is 4.79 Å². The Balaban J connectivity index is 1.38. The fourth-order valence-corrected chi connectivity index (χ4v) is 3.66. The molecule has 0 unspecified atom stereocenters. The number of nitrogens with zero attached hydrogens (tertiary/aromatic N) is 2. The maximum absolute atomic E-state index is 12.9. The second-order valence-electron chi connectivity index (χ2n) is 6.09. The van der Waals surface area contributed by atoms with E-state index in [0.29, 0.717) is 18.7 Å². The monoisotopic (exact) mass is 377 g/mol. The number of carbonyl (C=O) groups excluding carboxylic acids is 1. The minimum Gasteiger partial charge on any atom is -0.311 e. The minimum atomic E-state index is -0.277. The van der Waals surface area contributed by atoms with Crippen molar-refractivity contribution in [3.8, 4) is 10.6 Å². The number of nitrogens with one attached hydrogen (secondary N) is 1. The third kappa shape index (κ3) is 4.17. The molecule has 0 bridgehead atoms. The average Bonchev–Trinajstić information content (AvgIpc) is 3.12. The maximum Gasteiger partial charge on any atom is 0.225 e. The van der Waals surface area contributed by atoms with E-state index in [1.165, 1.54) is 12.1 Å². The number of para-hydroxylation sites is 1. The van der Waals surface area contributed by atoms with Crippen LogP contribution >= 0.6 is 11.3 Å². The first-order valence-corrected chi connectivity index (χ1v) is 9.35. The van der Waals surface area contributed by atoms with Gasteiger partial charge in [0.25, 0.3) is 0 Å². The van der Waals surface area contributed by atoms with Crippen LogP contribution in [-0.4, -0.2) is 15.9 Å². The normalized spacial score (nSPS) is 10.9. The first kappa shape index (κ1) is 17.3. The molecule has 0 spiro atoms. The molecule has 6 heteroatoms. The number of pyridine rings is 1. The third-order valence-corrected chi connectivity index (χ3v) is 5.21. The van der Waals surface area contributed by atoms with Gasteiger partial charge in [-0.2, -0.15) is 0 Å². The summed E-state index contributed by atoms with van der Waals surface area (Å²) >= 11 is 1.61. The van der Waals surface area contributed by atoms with Gasteiger partial charge in [0.15, 0.2) is 0 Å². The zero-order valence-electron chi connectivity index (χ0n) is 14.4. The smallest absolute Gasteiger partial charge is 0.225 e. The zero-order chi connectivity index (χ0) is 18.6. The van der Waals surface area contributed by atoms with E-state index in [-0.39, 0.29) is 11.7 Å². The molecule has 2 heterocycles. The van der Waals surface area contributed by atoms with Gasteiger partial charge in [-0.1, -0.05) is 24.3 Å². The van der Waals surface area contributed by atoms with Gasteiger partial charge in [0.1, 0.15) is 16.6 Å². The van der Waals surface area contributed by atoms with E-state index in [4.69, 9.17) is 0 Å². The summed E-state index contributed by atoms with van der Waals surface area (Å²) in [6, 6.07) is 17.8. The molecule has 27 heavy (non-hydrogen) atoms. The van der Waals surface area contributed by atoms with Gasteiger partial charge in [-0.25, -0.2) is 14.4 Å². The topological polar surface area (TPSA) is 54.9 Å². The summed E-state index contributed by atoms with van der Waals surface area (Å²) in [6.07, 6.45) is 2.58. The molecule has 4 aromatic rings. The largest absolute Gasteiger partial charge is 0.311 e. The molecule has 0 atom stereocenters. The van der Waals surface area contributed by atoms with Crippen LogP contribution in [0.25, 0.3) is 20.8 Å². The Labute approximate surface area is 159 Å². The van der Waals surface area contributed by atoms with Crippen molar-refractivity contribution < 1.29 is 9.18 Å². The van der Waals surface area contributed by atoms with Gasteiger partial charge in [-0.15, -0.1) is 11.3 Å². The Hall–Kier alpha value is -3.12. The van der Waals surface area contributed by atoms with Gasteiger partial charge in [0, 0.05) is 18.2 Å². The highest BCUT2D eigenvalue weighted by molar-refractivity contribution is 7.21.